The monoisotopic (exact) mass is 397 g/mol. The first kappa shape index (κ1) is 20.3. The number of hydrogen-bond donors (Lipinski definition) is 0. The van der Waals surface area contributed by atoms with E-state index in [1.165, 1.54) is 10.4 Å². The molecular weight excluding hydrogens is 369 g/mol. The largest absolute Gasteiger partial charge is 0.455 e. The van der Waals surface area contributed by atoms with Crippen LogP contribution in [0.3, 0.4) is 0 Å². The normalized spacial score (nSPS) is 26.1. The molecule has 3 rings (SSSR count). The van der Waals surface area contributed by atoms with Crippen LogP contribution < -0.4 is 0 Å². The van der Waals surface area contributed by atoms with Gasteiger partial charge in [-0.15, -0.1) is 0 Å². The molecule has 5 nitrogen and oxygen atoms in total. The van der Waals surface area contributed by atoms with Gasteiger partial charge in [-0.2, -0.15) is 4.31 Å². The summed E-state index contributed by atoms with van der Waals surface area (Å²) in [5.41, 5.74) is 0.301. The van der Waals surface area contributed by atoms with Gasteiger partial charge in [-0.25, -0.2) is 17.6 Å². The molecule has 1 aliphatic carbocycles. The van der Waals surface area contributed by atoms with Crippen molar-refractivity contribution in [2.24, 2.45) is 5.41 Å². The summed E-state index contributed by atoms with van der Waals surface area (Å²) in [6.45, 7) is 6.47. The van der Waals surface area contributed by atoms with Gasteiger partial charge < -0.3 is 4.74 Å². The first-order valence-corrected chi connectivity index (χ1v) is 11.0. The lowest BCUT2D eigenvalue weighted by molar-refractivity contribution is -0.0177. The minimum Gasteiger partial charge on any atom is -0.455 e. The highest BCUT2D eigenvalue weighted by atomic mass is 32.2. The minimum absolute atomic E-state index is 0.126. The summed E-state index contributed by atoms with van der Waals surface area (Å²) < 4.78 is 47.1. The summed E-state index contributed by atoms with van der Waals surface area (Å²) in [5, 5.41) is 0. The number of nitrogens with zero attached hydrogens (tertiary/aromatic N) is 1. The van der Waals surface area contributed by atoms with Crippen LogP contribution in [0.15, 0.2) is 23.1 Å². The molecule has 0 spiro atoms. The van der Waals surface area contributed by atoms with E-state index in [-0.39, 0.29) is 10.5 Å². The highest BCUT2D eigenvalue weighted by Gasteiger charge is 2.45. The molecule has 2 aliphatic rings. The van der Waals surface area contributed by atoms with Crippen LogP contribution in [-0.2, 0) is 14.8 Å². The van der Waals surface area contributed by atoms with E-state index in [0.29, 0.717) is 31.5 Å². The quantitative estimate of drug-likeness (QED) is 0.724. The van der Waals surface area contributed by atoms with Crippen molar-refractivity contribution in [1.29, 1.82) is 0 Å². The van der Waals surface area contributed by atoms with Crippen molar-refractivity contribution in [2.45, 2.75) is 70.0 Å². The number of ether oxygens (including phenoxy) is 1. The molecule has 0 aromatic heterocycles. The lowest BCUT2D eigenvalue weighted by atomic mass is 9.89. The van der Waals surface area contributed by atoms with Crippen LogP contribution in [0.5, 0.6) is 0 Å². The van der Waals surface area contributed by atoms with Gasteiger partial charge in [0, 0.05) is 18.5 Å². The second-order valence-corrected chi connectivity index (χ2v) is 10.2. The molecule has 2 unspecified atom stereocenters. The Morgan fingerprint density at radius 1 is 1.22 bits per heavy atom. The second-order valence-electron chi connectivity index (χ2n) is 8.31. The molecule has 0 bridgehead atoms. The topological polar surface area (TPSA) is 63.7 Å². The number of esters is 1. The van der Waals surface area contributed by atoms with Gasteiger partial charge >= 0.3 is 5.97 Å². The summed E-state index contributed by atoms with van der Waals surface area (Å²) in [6.07, 6.45) is 1.73. The molecule has 27 heavy (non-hydrogen) atoms. The Hall–Kier alpha value is -1.47. The third-order valence-corrected chi connectivity index (χ3v) is 7.79. The fraction of sp³-hybridized carbons (Fsp3) is 0.650. The lowest BCUT2D eigenvalue weighted by Gasteiger charge is -2.28. The Morgan fingerprint density at radius 2 is 1.89 bits per heavy atom. The van der Waals surface area contributed by atoms with Gasteiger partial charge in [-0.1, -0.05) is 26.3 Å². The number of halogens is 1. The van der Waals surface area contributed by atoms with Gasteiger partial charge in [0.15, 0.2) is 0 Å². The van der Waals surface area contributed by atoms with Crippen molar-refractivity contribution in [3.05, 3.63) is 29.3 Å². The molecule has 150 valence electrons. The third kappa shape index (κ3) is 4.04. The smallest absolute Gasteiger partial charge is 0.338 e. The standard InChI is InChI=1S/C20H28FNO4S/c1-14-7-8-15(19(23)26-18-16(21)9-10-20(18,2)3)13-17(14)27(24,25)22-11-5-4-6-12-22/h7-8,13,16,18H,4-6,9-12H2,1-3H3. The third-order valence-electron chi connectivity index (χ3n) is 5.75. The van der Waals surface area contributed by atoms with E-state index >= 15 is 0 Å². The van der Waals surface area contributed by atoms with Gasteiger partial charge in [0.25, 0.3) is 0 Å². The number of piperidine rings is 1. The zero-order valence-electron chi connectivity index (χ0n) is 16.2. The maximum Gasteiger partial charge on any atom is 0.338 e. The predicted molar refractivity (Wildman–Crippen MR) is 101 cm³/mol. The molecule has 2 fully saturated rings. The Bertz CT molecular complexity index is 815. The highest BCUT2D eigenvalue weighted by Crippen LogP contribution is 2.41. The molecule has 1 aromatic rings. The fourth-order valence-corrected chi connectivity index (χ4v) is 5.73. The lowest BCUT2D eigenvalue weighted by Crippen LogP contribution is -2.36. The fourth-order valence-electron chi connectivity index (χ4n) is 3.96. The predicted octanol–water partition coefficient (Wildman–Crippen LogP) is 3.85. The molecule has 2 atom stereocenters. The summed E-state index contributed by atoms with van der Waals surface area (Å²) in [7, 11) is -3.66. The number of alkyl halides is 1. The maximum atomic E-state index is 14.2. The maximum absolute atomic E-state index is 14.2. The van der Waals surface area contributed by atoms with E-state index in [2.05, 4.69) is 0 Å². The van der Waals surface area contributed by atoms with Crippen molar-refractivity contribution in [1.82, 2.24) is 4.31 Å². The first-order chi connectivity index (χ1) is 12.6. The Balaban J connectivity index is 1.85. The van der Waals surface area contributed by atoms with Gasteiger partial charge in [0.05, 0.1) is 10.5 Å². The Kier molecular flexibility index (Phi) is 5.64. The molecule has 0 radical (unpaired) electrons. The van der Waals surface area contributed by atoms with Gasteiger partial charge in [0.1, 0.15) is 12.3 Å². The average molecular weight is 398 g/mol. The van der Waals surface area contributed by atoms with Gasteiger partial charge in [-0.05, 0) is 50.3 Å². The summed E-state index contributed by atoms with van der Waals surface area (Å²) >= 11 is 0. The summed E-state index contributed by atoms with van der Waals surface area (Å²) in [6, 6.07) is 4.53. The molecule has 7 heteroatoms. The Morgan fingerprint density at radius 3 is 2.48 bits per heavy atom. The van der Waals surface area contributed by atoms with E-state index in [0.717, 1.165) is 19.3 Å². The zero-order chi connectivity index (χ0) is 19.8. The summed E-state index contributed by atoms with van der Waals surface area (Å²) in [5.74, 6) is -0.673. The van der Waals surface area contributed by atoms with Crippen LogP contribution in [0.4, 0.5) is 4.39 Å². The number of benzene rings is 1. The molecule has 1 saturated heterocycles. The molecule has 0 N–H and O–H groups in total. The first-order valence-electron chi connectivity index (χ1n) is 9.59. The molecule has 0 amide bonds. The van der Waals surface area contributed by atoms with Crippen LogP contribution in [0, 0.1) is 12.3 Å². The van der Waals surface area contributed by atoms with Crippen molar-refractivity contribution < 1.29 is 22.3 Å². The molecule has 1 aromatic carbocycles. The van der Waals surface area contributed by atoms with E-state index in [1.54, 1.807) is 19.1 Å². The molecular formula is C20H28FNO4S. The van der Waals surface area contributed by atoms with Crippen molar-refractivity contribution in [2.75, 3.05) is 13.1 Å². The van der Waals surface area contributed by atoms with Crippen LogP contribution in [0.25, 0.3) is 0 Å². The van der Waals surface area contributed by atoms with E-state index in [1.807, 2.05) is 13.8 Å². The number of carbonyl (C=O) groups excluding carboxylic acids is 1. The number of hydrogen-bond acceptors (Lipinski definition) is 4. The molecule has 1 aliphatic heterocycles. The van der Waals surface area contributed by atoms with Crippen LogP contribution in [0.2, 0.25) is 0 Å². The highest BCUT2D eigenvalue weighted by molar-refractivity contribution is 7.89. The molecule has 1 saturated carbocycles. The second kappa shape index (κ2) is 7.51. The average Bonchev–Trinajstić information content (AvgIpc) is 2.89. The van der Waals surface area contributed by atoms with Gasteiger partial charge in [0.2, 0.25) is 10.0 Å². The summed E-state index contributed by atoms with van der Waals surface area (Å²) in [4.78, 5) is 12.7. The van der Waals surface area contributed by atoms with Crippen LogP contribution >= 0.6 is 0 Å². The van der Waals surface area contributed by atoms with Crippen molar-refractivity contribution >= 4 is 16.0 Å². The van der Waals surface area contributed by atoms with Crippen LogP contribution in [-0.4, -0.2) is 44.1 Å². The number of rotatable bonds is 4. The van der Waals surface area contributed by atoms with E-state index in [9.17, 15) is 17.6 Å². The van der Waals surface area contributed by atoms with Crippen LogP contribution in [0.1, 0.15) is 61.9 Å². The number of sulfonamides is 1. The number of carbonyl (C=O) groups is 1. The molecule has 1 heterocycles. The zero-order valence-corrected chi connectivity index (χ0v) is 17.0. The van der Waals surface area contributed by atoms with E-state index in [4.69, 9.17) is 4.74 Å². The minimum atomic E-state index is -3.66. The SMILES string of the molecule is Cc1ccc(C(=O)OC2C(F)CCC2(C)C)cc1S(=O)(=O)N1CCCCC1. The van der Waals surface area contributed by atoms with E-state index < -0.39 is 33.7 Å². The van der Waals surface area contributed by atoms with Gasteiger partial charge in [-0.3, -0.25) is 0 Å². The van der Waals surface area contributed by atoms with Crippen molar-refractivity contribution in [3.8, 4) is 0 Å². The van der Waals surface area contributed by atoms with Crippen molar-refractivity contribution in [3.63, 3.8) is 0 Å². The number of aryl methyl sites for hydroxylation is 1. The Labute approximate surface area is 160 Å².